The molecule has 5 rings (SSSR count). The van der Waals surface area contributed by atoms with Crippen molar-refractivity contribution in [3.05, 3.63) is 119 Å². The monoisotopic (exact) mass is 425 g/mol. The first-order valence-corrected chi connectivity index (χ1v) is 8.96. The van der Waals surface area contributed by atoms with E-state index in [4.69, 9.17) is 15.7 Å². The summed E-state index contributed by atoms with van der Waals surface area (Å²) in [5.41, 5.74) is 7.96. The molecular formula is C25H14B2Y-2. The molecule has 0 spiro atoms. The Balaban J connectivity index is 0.00000192. The second-order valence-corrected chi connectivity index (χ2v) is 6.91. The number of benzene rings is 4. The summed E-state index contributed by atoms with van der Waals surface area (Å²) in [5, 5.41) is 0. The van der Waals surface area contributed by atoms with E-state index in [0.29, 0.717) is 10.9 Å². The van der Waals surface area contributed by atoms with Gasteiger partial charge in [0.25, 0.3) is 0 Å². The minimum absolute atomic E-state index is 0. The van der Waals surface area contributed by atoms with Crippen LogP contribution in [-0.2, 0) is 38.1 Å². The third-order valence-corrected chi connectivity index (χ3v) is 5.43. The molecule has 4 aromatic rings. The van der Waals surface area contributed by atoms with Crippen LogP contribution in [0, 0.1) is 12.1 Å². The largest absolute Gasteiger partial charge is 0.197 e. The normalized spacial score (nSPS) is 13.3. The van der Waals surface area contributed by atoms with Crippen molar-refractivity contribution in [2.75, 3.05) is 0 Å². The van der Waals surface area contributed by atoms with Gasteiger partial charge in [-0.25, -0.2) is 0 Å². The van der Waals surface area contributed by atoms with Gasteiger partial charge in [0.15, 0.2) is 0 Å². The maximum atomic E-state index is 5.96. The van der Waals surface area contributed by atoms with Crippen molar-refractivity contribution in [1.29, 1.82) is 0 Å². The van der Waals surface area contributed by atoms with Crippen LogP contribution in [0.3, 0.4) is 0 Å². The predicted octanol–water partition coefficient (Wildman–Crippen LogP) is 3.24. The van der Waals surface area contributed by atoms with Gasteiger partial charge in [0.2, 0.25) is 0 Å². The van der Waals surface area contributed by atoms with E-state index in [2.05, 4.69) is 72.8 Å². The Hall–Kier alpha value is -1.89. The van der Waals surface area contributed by atoms with Crippen LogP contribution in [0.4, 0.5) is 0 Å². The molecule has 0 bridgehead atoms. The minimum atomic E-state index is -0.491. The van der Waals surface area contributed by atoms with Crippen LogP contribution in [0.5, 0.6) is 0 Å². The molecule has 0 nitrogen and oxygen atoms in total. The molecule has 4 aromatic carbocycles. The summed E-state index contributed by atoms with van der Waals surface area (Å²) in [6.07, 6.45) is 0. The quantitative estimate of drug-likeness (QED) is 0.301. The average Bonchev–Trinajstić information content (AvgIpc) is 3.01. The summed E-state index contributed by atoms with van der Waals surface area (Å²) < 4.78 is 0. The fourth-order valence-corrected chi connectivity index (χ4v) is 4.30. The van der Waals surface area contributed by atoms with E-state index in [-0.39, 0.29) is 32.7 Å². The van der Waals surface area contributed by atoms with Crippen LogP contribution >= 0.6 is 0 Å². The molecule has 0 heterocycles. The Kier molecular flexibility index (Phi) is 5.21. The van der Waals surface area contributed by atoms with Gasteiger partial charge in [-0.05, 0) is 22.3 Å². The van der Waals surface area contributed by atoms with E-state index in [0.717, 1.165) is 11.1 Å². The zero-order chi connectivity index (χ0) is 18.4. The Morgan fingerprint density at radius 2 is 1.00 bits per heavy atom. The van der Waals surface area contributed by atoms with Gasteiger partial charge in [0.05, 0.1) is 0 Å². The molecule has 0 saturated carbocycles. The van der Waals surface area contributed by atoms with E-state index >= 15 is 0 Å². The van der Waals surface area contributed by atoms with Crippen molar-refractivity contribution in [1.82, 2.24) is 0 Å². The van der Waals surface area contributed by atoms with E-state index in [1.54, 1.807) is 0 Å². The molecule has 0 aromatic heterocycles. The van der Waals surface area contributed by atoms with Gasteiger partial charge in [-0.15, -0.1) is 11.1 Å². The van der Waals surface area contributed by atoms with Gasteiger partial charge < -0.3 is 0 Å². The fraction of sp³-hybridized carbons (Fsp3) is 0.0400. The summed E-state index contributed by atoms with van der Waals surface area (Å²) in [6.45, 7) is 0. The van der Waals surface area contributed by atoms with Gasteiger partial charge in [0.1, 0.15) is 0 Å². The molecule has 0 amide bonds. The van der Waals surface area contributed by atoms with E-state index < -0.39 is 5.41 Å². The standard InChI is InChI=1S/C25H14B2.Y/c26-19-13-9-17(10-14-19)25(18-11-15-20(27)16-12-18)23-7-3-1-5-21(23)22-6-2-4-8-24(22)25;/h1-9,11,13-16H;/q-2;. The SMILES string of the molecule is [B]c1c[c-]c(C2(c3[c-]cc([B])cc3)c3ccccc3-c3ccccc32)cc1.[Y]. The molecule has 0 N–H and O–H groups in total. The molecule has 0 saturated heterocycles. The Bertz CT molecular complexity index is 1040. The van der Waals surface area contributed by atoms with Crippen molar-refractivity contribution in [2.24, 2.45) is 0 Å². The van der Waals surface area contributed by atoms with Crippen LogP contribution in [0.25, 0.3) is 11.1 Å². The summed E-state index contributed by atoms with van der Waals surface area (Å²) in [5.74, 6) is 0. The second-order valence-electron chi connectivity index (χ2n) is 6.91. The van der Waals surface area contributed by atoms with E-state index in [9.17, 15) is 0 Å². The van der Waals surface area contributed by atoms with Crippen LogP contribution < -0.4 is 10.9 Å². The van der Waals surface area contributed by atoms with Crippen molar-refractivity contribution >= 4 is 26.6 Å². The van der Waals surface area contributed by atoms with Crippen LogP contribution in [0.2, 0.25) is 0 Å². The molecule has 0 atom stereocenters. The Morgan fingerprint density at radius 1 is 0.571 bits per heavy atom. The van der Waals surface area contributed by atoms with Crippen LogP contribution in [0.1, 0.15) is 22.3 Å². The third kappa shape index (κ3) is 2.78. The van der Waals surface area contributed by atoms with Gasteiger partial charge >= 0.3 is 0 Å². The van der Waals surface area contributed by atoms with Crippen molar-refractivity contribution < 1.29 is 32.7 Å². The summed E-state index contributed by atoms with van der Waals surface area (Å²) in [6, 6.07) is 35.7. The molecule has 1 aliphatic rings. The van der Waals surface area contributed by atoms with Crippen molar-refractivity contribution in [3.8, 4) is 11.1 Å². The summed E-state index contributed by atoms with van der Waals surface area (Å²) in [7, 11) is 11.9. The van der Waals surface area contributed by atoms with Gasteiger partial charge in [-0.3, -0.25) is 0 Å². The van der Waals surface area contributed by atoms with Crippen LogP contribution in [-0.4, -0.2) is 15.7 Å². The van der Waals surface area contributed by atoms with Gasteiger partial charge in [0, 0.05) is 53.8 Å². The number of hydrogen-bond acceptors (Lipinski definition) is 0. The smallest absolute Gasteiger partial charge is 0.0266 e. The maximum absolute atomic E-state index is 5.96. The molecule has 0 fully saturated rings. The van der Waals surface area contributed by atoms with Gasteiger partial charge in [-0.2, -0.15) is 59.5 Å². The molecular weight excluding hydrogens is 411 g/mol. The van der Waals surface area contributed by atoms with Crippen molar-refractivity contribution in [2.45, 2.75) is 5.41 Å². The van der Waals surface area contributed by atoms with Crippen LogP contribution in [0.15, 0.2) is 84.9 Å². The predicted molar refractivity (Wildman–Crippen MR) is 112 cm³/mol. The first-order chi connectivity index (χ1) is 13.2. The third-order valence-electron chi connectivity index (χ3n) is 5.43. The summed E-state index contributed by atoms with van der Waals surface area (Å²) in [4.78, 5) is 0. The zero-order valence-electron chi connectivity index (χ0n) is 15.3. The number of rotatable bonds is 2. The number of hydrogen-bond donors (Lipinski definition) is 0. The Morgan fingerprint density at radius 3 is 1.39 bits per heavy atom. The molecule has 5 radical (unpaired) electrons. The van der Waals surface area contributed by atoms with Gasteiger partial charge in [-0.1, -0.05) is 48.5 Å². The fourth-order valence-electron chi connectivity index (χ4n) is 4.30. The second kappa shape index (κ2) is 7.50. The average molecular weight is 425 g/mol. The first-order valence-electron chi connectivity index (χ1n) is 8.96. The molecule has 125 valence electrons. The minimum Gasteiger partial charge on any atom is -0.197 e. The maximum Gasteiger partial charge on any atom is 0.0266 e. The first kappa shape index (κ1) is 19.4. The zero-order valence-corrected chi connectivity index (χ0v) is 18.2. The summed E-state index contributed by atoms with van der Waals surface area (Å²) >= 11 is 0. The molecule has 3 heteroatoms. The molecule has 28 heavy (non-hydrogen) atoms. The molecule has 0 aliphatic heterocycles. The topological polar surface area (TPSA) is 0 Å². The molecule has 1 aliphatic carbocycles. The Labute approximate surface area is 194 Å². The van der Waals surface area contributed by atoms with E-state index in [1.807, 2.05) is 24.3 Å². The molecule has 0 unspecified atom stereocenters. The number of fused-ring (bicyclic) bond motifs is 3. The van der Waals surface area contributed by atoms with Crippen molar-refractivity contribution in [3.63, 3.8) is 0 Å². The van der Waals surface area contributed by atoms with E-state index in [1.165, 1.54) is 22.3 Å².